The van der Waals surface area contributed by atoms with Crippen molar-refractivity contribution < 1.29 is 18.0 Å². The molecule has 0 spiro atoms. The molecule has 136 valence electrons. The zero-order valence-electron chi connectivity index (χ0n) is 14.2. The molecule has 1 N–H and O–H groups in total. The van der Waals surface area contributed by atoms with Crippen LogP contribution in [0.1, 0.15) is 24.5 Å². The Morgan fingerprint density at radius 2 is 1.88 bits per heavy atom. The van der Waals surface area contributed by atoms with Crippen LogP contribution >= 0.6 is 0 Å². The predicted molar refractivity (Wildman–Crippen MR) is 93.7 cm³/mol. The molecule has 1 amide bonds. The van der Waals surface area contributed by atoms with Gasteiger partial charge in [-0.1, -0.05) is 25.1 Å². The van der Waals surface area contributed by atoms with E-state index >= 15 is 0 Å². The molecule has 0 heterocycles. The molecule has 0 atom stereocenters. The number of nitrogens with one attached hydrogen (secondary N) is 1. The van der Waals surface area contributed by atoms with E-state index in [0.717, 1.165) is 12.1 Å². The largest absolute Gasteiger partial charge is 0.417 e. The third kappa shape index (κ3) is 4.99. The Morgan fingerprint density at radius 1 is 1.19 bits per heavy atom. The van der Waals surface area contributed by atoms with E-state index in [2.05, 4.69) is 5.32 Å². The van der Waals surface area contributed by atoms with Crippen LogP contribution < -0.4 is 10.2 Å². The molecule has 0 bridgehead atoms. The molecule has 0 saturated carbocycles. The monoisotopic (exact) mass is 361 g/mol. The third-order valence-electron chi connectivity index (χ3n) is 3.68. The molecule has 0 saturated heterocycles. The number of nitriles is 1. The molecule has 2 rings (SSSR count). The molecule has 0 fully saturated rings. The summed E-state index contributed by atoms with van der Waals surface area (Å²) in [6.45, 7) is 2.19. The number of benzene rings is 2. The fourth-order valence-corrected chi connectivity index (χ4v) is 2.53. The first-order valence-electron chi connectivity index (χ1n) is 8.06. The van der Waals surface area contributed by atoms with Crippen molar-refractivity contribution in [3.05, 3.63) is 59.7 Å². The summed E-state index contributed by atoms with van der Waals surface area (Å²) in [5.41, 5.74) is -0.570. The van der Waals surface area contributed by atoms with Gasteiger partial charge in [-0.15, -0.1) is 0 Å². The van der Waals surface area contributed by atoms with E-state index in [1.807, 2.05) is 13.0 Å². The molecule has 0 radical (unpaired) electrons. The molecular formula is C19H18F3N3O. The van der Waals surface area contributed by atoms with Crippen LogP contribution in [0.5, 0.6) is 0 Å². The van der Waals surface area contributed by atoms with Crippen molar-refractivity contribution in [2.75, 3.05) is 23.3 Å². The van der Waals surface area contributed by atoms with Crippen molar-refractivity contribution in [2.45, 2.75) is 19.5 Å². The number of halogens is 3. The van der Waals surface area contributed by atoms with E-state index in [0.29, 0.717) is 18.7 Å². The molecule has 0 aromatic heterocycles. The second kappa shape index (κ2) is 8.39. The van der Waals surface area contributed by atoms with E-state index < -0.39 is 17.3 Å². The van der Waals surface area contributed by atoms with Gasteiger partial charge in [-0.3, -0.25) is 4.79 Å². The van der Waals surface area contributed by atoms with E-state index in [1.165, 1.54) is 6.07 Å². The summed E-state index contributed by atoms with van der Waals surface area (Å²) in [7, 11) is 0. The first-order valence-corrected chi connectivity index (χ1v) is 8.06. The summed E-state index contributed by atoms with van der Waals surface area (Å²) in [6.07, 6.45) is -3.98. The van der Waals surface area contributed by atoms with Crippen LogP contribution in [0, 0.1) is 11.3 Å². The van der Waals surface area contributed by atoms with Crippen LogP contribution in [0.3, 0.4) is 0 Å². The van der Waals surface area contributed by atoms with Gasteiger partial charge in [0.15, 0.2) is 0 Å². The second-order valence-electron chi connectivity index (χ2n) is 5.68. The highest BCUT2D eigenvalue weighted by Gasteiger charge is 2.34. The number of para-hydroxylation sites is 1. The lowest BCUT2D eigenvalue weighted by atomic mass is 10.1. The Balaban J connectivity index is 2.24. The number of rotatable bonds is 6. The summed E-state index contributed by atoms with van der Waals surface area (Å²) < 4.78 is 39.5. The zero-order valence-corrected chi connectivity index (χ0v) is 14.2. The number of amides is 1. The van der Waals surface area contributed by atoms with Crippen LogP contribution in [0.4, 0.5) is 24.5 Å². The van der Waals surface area contributed by atoms with Gasteiger partial charge in [0.05, 0.1) is 23.7 Å². The standard InChI is InChI=1S/C19H18F3N3O/c1-2-10-25(13-18(26)24-15-6-4-3-5-7-15)16-9-8-14(12-23)17(11-16)19(20,21)22/h3-9,11H,2,10,13H2,1H3,(H,24,26). The predicted octanol–water partition coefficient (Wildman–Crippen LogP) is 4.43. The average Bonchev–Trinajstić information content (AvgIpc) is 2.61. The van der Waals surface area contributed by atoms with Gasteiger partial charge in [-0.25, -0.2) is 0 Å². The maximum absolute atomic E-state index is 13.2. The Hall–Kier alpha value is -3.01. The number of carbonyl (C=O) groups is 1. The number of nitrogens with zero attached hydrogens (tertiary/aromatic N) is 2. The van der Waals surface area contributed by atoms with Gasteiger partial charge < -0.3 is 10.2 Å². The molecule has 4 nitrogen and oxygen atoms in total. The fraction of sp³-hybridized carbons (Fsp3) is 0.263. The lowest BCUT2D eigenvalue weighted by Crippen LogP contribution is -2.34. The summed E-state index contributed by atoms with van der Waals surface area (Å²) in [4.78, 5) is 13.8. The SMILES string of the molecule is CCCN(CC(=O)Nc1ccccc1)c1ccc(C#N)c(C(F)(F)F)c1. The van der Waals surface area contributed by atoms with Gasteiger partial charge in [0.25, 0.3) is 0 Å². The summed E-state index contributed by atoms with van der Waals surface area (Å²) in [5, 5.41) is 11.6. The minimum absolute atomic E-state index is 0.0913. The van der Waals surface area contributed by atoms with E-state index in [1.54, 1.807) is 35.2 Å². The molecule has 7 heteroatoms. The molecule has 0 aliphatic carbocycles. The van der Waals surface area contributed by atoms with Crippen LogP contribution in [0.2, 0.25) is 0 Å². The lowest BCUT2D eigenvalue weighted by molar-refractivity contribution is -0.137. The van der Waals surface area contributed by atoms with Crippen LogP contribution in [-0.2, 0) is 11.0 Å². The van der Waals surface area contributed by atoms with Crippen LogP contribution in [-0.4, -0.2) is 19.0 Å². The maximum Gasteiger partial charge on any atom is 0.417 e. The zero-order chi connectivity index (χ0) is 19.2. The number of hydrogen-bond acceptors (Lipinski definition) is 3. The van der Waals surface area contributed by atoms with Crippen molar-refractivity contribution in [3.63, 3.8) is 0 Å². The van der Waals surface area contributed by atoms with Gasteiger partial charge >= 0.3 is 6.18 Å². The van der Waals surface area contributed by atoms with Crippen molar-refractivity contribution in [1.29, 1.82) is 5.26 Å². The van der Waals surface area contributed by atoms with Crippen molar-refractivity contribution in [1.82, 2.24) is 0 Å². The summed E-state index contributed by atoms with van der Waals surface area (Å²) >= 11 is 0. The lowest BCUT2D eigenvalue weighted by Gasteiger charge is -2.25. The Kier molecular flexibility index (Phi) is 6.23. The van der Waals surface area contributed by atoms with Gasteiger partial charge in [0.2, 0.25) is 5.91 Å². The van der Waals surface area contributed by atoms with Crippen molar-refractivity contribution in [2.24, 2.45) is 0 Å². The van der Waals surface area contributed by atoms with Crippen molar-refractivity contribution in [3.8, 4) is 6.07 Å². The minimum Gasteiger partial charge on any atom is -0.362 e. The first kappa shape index (κ1) is 19.3. The number of anilines is 2. The molecule has 26 heavy (non-hydrogen) atoms. The van der Waals surface area contributed by atoms with Gasteiger partial charge in [-0.2, -0.15) is 18.4 Å². The van der Waals surface area contributed by atoms with E-state index in [9.17, 15) is 18.0 Å². The molecule has 0 aliphatic heterocycles. The highest BCUT2D eigenvalue weighted by atomic mass is 19.4. The summed E-state index contributed by atoms with van der Waals surface area (Å²) in [5.74, 6) is -0.331. The number of hydrogen-bond donors (Lipinski definition) is 1. The first-order chi connectivity index (χ1) is 12.3. The van der Waals surface area contributed by atoms with Gasteiger partial charge in [-0.05, 0) is 36.8 Å². The van der Waals surface area contributed by atoms with Gasteiger partial charge in [0, 0.05) is 17.9 Å². The van der Waals surface area contributed by atoms with E-state index in [4.69, 9.17) is 5.26 Å². The minimum atomic E-state index is -4.63. The number of carbonyl (C=O) groups excluding carboxylic acids is 1. The Morgan fingerprint density at radius 3 is 2.46 bits per heavy atom. The molecular weight excluding hydrogens is 343 g/mol. The third-order valence-corrected chi connectivity index (χ3v) is 3.68. The van der Waals surface area contributed by atoms with Crippen LogP contribution in [0.25, 0.3) is 0 Å². The maximum atomic E-state index is 13.2. The molecule has 2 aromatic rings. The average molecular weight is 361 g/mol. The number of alkyl halides is 3. The topological polar surface area (TPSA) is 56.1 Å². The van der Waals surface area contributed by atoms with Gasteiger partial charge in [0.1, 0.15) is 0 Å². The molecule has 0 aliphatic rings. The highest BCUT2D eigenvalue weighted by molar-refractivity contribution is 5.94. The smallest absolute Gasteiger partial charge is 0.362 e. The van der Waals surface area contributed by atoms with Crippen molar-refractivity contribution >= 4 is 17.3 Å². The Labute approximate surface area is 149 Å². The van der Waals surface area contributed by atoms with E-state index in [-0.39, 0.29) is 18.1 Å². The van der Waals surface area contributed by atoms with Crippen LogP contribution in [0.15, 0.2) is 48.5 Å². The molecule has 0 unspecified atom stereocenters. The normalized spacial score (nSPS) is 10.9. The molecule has 2 aromatic carbocycles. The second-order valence-corrected chi connectivity index (χ2v) is 5.68. The Bertz CT molecular complexity index is 798. The fourth-order valence-electron chi connectivity index (χ4n) is 2.53. The quantitative estimate of drug-likeness (QED) is 0.828. The highest BCUT2D eigenvalue weighted by Crippen LogP contribution is 2.34. The summed E-state index contributed by atoms with van der Waals surface area (Å²) in [6, 6.07) is 13.9.